The van der Waals surface area contributed by atoms with Crippen LogP contribution in [0.3, 0.4) is 0 Å². The van der Waals surface area contributed by atoms with Crippen LogP contribution in [0.2, 0.25) is 5.15 Å². The lowest BCUT2D eigenvalue weighted by molar-refractivity contribution is 0.0992. The summed E-state index contributed by atoms with van der Waals surface area (Å²) in [6, 6.07) is 8.79. The second kappa shape index (κ2) is 6.17. The molecule has 0 bridgehead atoms. The largest absolute Gasteiger partial charge is 0.496 e. The van der Waals surface area contributed by atoms with Crippen molar-refractivity contribution in [2.45, 2.75) is 6.42 Å². The van der Waals surface area contributed by atoms with Crippen LogP contribution in [-0.4, -0.2) is 17.9 Å². The summed E-state index contributed by atoms with van der Waals surface area (Å²) in [5.74, 6) is 0.664. The van der Waals surface area contributed by atoms with E-state index in [0.29, 0.717) is 16.5 Å². The number of methoxy groups -OCH3 is 1. The predicted octanol–water partition coefficient (Wildman–Crippen LogP) is 3.93. The van der Waals surface area contributed by atoms with Gasteiger partial charge in [-0.15, -0.1) is 0 Å². The normalized spacial score (nSPS) is 10.3. The zero-order valence-electron chi connectivity index (χ0n) is 10.2. The molecule has 1 aromatic heterocycles. The highest BCUT2D eigenvalue weighted by molar-refractivity contribution is 9.10. The van der Waals surface area contributed by atoms with Crippen molar-refractivity contribution in [3.8, 4) is 5.75 Å². The number of Topliss-reactive ketones (excluding diaryl/α,β-unsaturated/α-hetero) is 1. The lowest BCUT2D eigenvalue weighted by atomic mass is 10.0. The third kappa shape index (κ3) is 3.55. The summed E-state index contributed by atoms with van der Waals surface area (Å²) < 4.78 is 6.16. The fourth-order valence-electron chi connectivity index (χ4n) is 1.74. The van der Waals surface area contributed by atoms with E-state index in [1.165, 1.54) is 6.20 Å². The molecule has 0 radical (unpaired) electrons. The second-order valence-electron chi connectivity index (χ2n) is 3.92. The molecule has 1 heterocycles. The molecule has 2 aromatic rings. The van der Waals surface area contributed by atoms with Crippen molar-refractivity contribution in [1.82, 2.24) is 4.98 Å². The van der Waals surface area contributed by atoms with Gasteiger partial charge in [-0.1, -0.05) is 27.5 Å². The number of benzene rings is 1. The Bertz CT molecular complexity index is 616. The molecule has 2 rings (SSSR count). The van der Waals surface area contributed by atoms with Gasteiger partial charge >= 0.3 is 0 Å². The fourth-order valence-corrected chi connectivity index (χ4v) is 2.32. The zero-order valence-corrected chi connectivity index (χ0v) is 12.5. The van der Waals surface area contributed by atoms with E-state index < -0.39 is 0 Å². The predicted molar refractivity (Wildman–Crippen MR) is 78.0 cm³/mol. The average molecular weight is 341 g/mol. The van der Waals surface area contributed by atoms with Gasteiger partial charge in [-0.3, -0.25) is 4.79 Å². The topological polar surface area (TPSA) is 39.2 Å². The van der Waals surface area contributed by atoms with Gasteiger partial charge in [0.15, 0.2) is 5.78 Å². The molecule has 0 aliphatic rings. The maximum absolute atomic E-state index is 12.2. The SMILES string of the molecule is COc1ccc(Br)cc1CC(=O)c1ccnc(Cl)c1. The van der Waals surface area contributed by atoms with Crippen LogP contribution >= 0.6 is 27.5 Å². The first kappa shape index (κ1) is 14.0. The molecule has 19 heavy (non-hydrogen) atoms. The average Bonchev–Trinajstić information content (AvgIpc) is 2.39. The molecule has 1 aromatic carbocycles. The summed E-state index contributed by atoms with van der Waals surface area (Å²) in [4.78, 5) is 16.0. The van der Waals surface area contributed by atoms with E-state index in [1.807, 2.05) is 18.2 Å². The quantitative estimate of drug-likeness (QED) is 0.625. The monoisotopic (exact) mass is 339 g/mol. The summed E-state index contributed by atoms with van der Waals surface area (Å²) >= 11 is 9.17. The number of nitrogens with zero attached hydrogens (tertiary/aromatic N) is 1. The van der Waals surface area contributed by atoms with Crippen molar-refractivity contribution in [1.29, 1.82) is 0 Å². The van der Waals surface area contributed by atoms with E-state index in [9.17, 15) is 4.79 Å². The van der Waals surface area contributed by atoms with Gasteiger partial charge in [-0.05, 0) is 30.3 Å². The highest BCUT2D eigenvalue weighted by atomic mass is 79.9. The summed E-state index contributed by atoms with van der Waals surface area (Å²) in [7, 11) is 1.58. The minimum absolute atomic E-state index is 0.0271. The number of ketones is 1. The van der Waals surface area contributed by atoms with E-state index in [4.69, 9.17) is 16.3 Å². The first-order valence-electron chi connectivity index (χ1n) is 5.57. The van der Waals surface area contributed by atoms with E-state index in [1.54, 1.807) is 19.2 Å². The van der Waals surface area contributed by atoms with Crippen LogP contribution in [-0.2, 0) is 6.42 Å². The van der Waals surface area contributed by atoms with Crippen molar-refractivity contribution in [2.24, 2.45) is 0 Å². The van der Waals surface area contributed by atoms with E-state index in [-0.39, 0.29) is 12.2 Å². The van der Waals surface area contributed by atoms with Crippen molar-refractivity contribution in [3.05, 3.63) is 57.3 Å². The van der Waals surface area contributed by atoms with E-state index >= 15 is 0 Å². The molecule has 0 unspecified atom stereocenters. The van der Waals surface area contributed by atoms with Crippen LogP contribution in [0.5, 0.6) is 5.75 Å². The summed E-state index contributed by atoms with van der Waals surface area (Å²) in [5, 5.41) is 0.312. The van der Waals surface area contributed by atoms with Gasteiger partial charge in [0.25, 0.3) is 0 Å². The number of ether oxygens (including phenoxy) is 1. The van der Waals surface area contributed by atoms with Crippen molar-refractivity contribution in [2.75, 3.05) is 7.11 Å². The lowest BCUT2D eigenvalue weighted by Gasteiger charge is -2.08. The van der Waals surface area contributed by atoms with Crippen LogP contribution in [0, 0.1) is 0 Å². The standard InChI is InChI=1S/C14H11BrClNO2/c1-19-13-3-2-11(15)6-10(13)7-12(18)9-4-5-17-14(16)8-9/h2-6,8H,7H2,1H3. The van der Waals surface area contributed by atoms with Crippen molar-refractivity contribution >= 4 is 33.3 Å². The Hall–Kier alpha value is -1.39. The molecule has 0 atom stereocenters. The Labute approximate surface area is 124 Å². The number of pyridine rings is 1. The van der Waals surface area contributed by atoms with E-state index in [2.05, 4.69) is 20.9 Å². The molecule has 98 valence electrons. The third-order valence-corrected chi connectivity index (χ3v) is 3.34. The minimum Gasteiger partial charge on any atom is -0.496 e. The number of aromatic nitrogens is 1. The fraction of sp³-hybridized carbons (Fsp3) is 0.143. The van der Waals surface area contributed by atoms with Crippen LogP contribution in [0.25, 0.3) is 0 Å². The van der Waals surface area contributed by atoms with E-state index in [0.717, 1.165) is 10.0 Å². The molecule has 5 heteroatoms. The summed E-state index contributed by atoms with van der Waals surface area (Å²) in [6.07, 6.45) is 1.77. The van der Waals surface area contributed by atoms with Crippen molar-refractivity contribution in [3.63, 3.8) is 0 Å². The molecule has 0 amide bonds. The Morgan fingerprint density at radius 2 is 2.16 bits per heavy atom. The number of hydrogen-bond acceptors (Lipinski definition) is 3. The number of carbonyl (C=O) groups excluding carboxylic acids is 1. The van der Waals surface area contributed by atoms with Crippen LogP contribution in [0.1, 0.15) is 15.9 Å². The van der Waals surface area contributed by atoms with Crippen LogP contribution in [0.4, 0.5) is 0 Å². The van der Waals surface area contributed by atoms with Crippen LogP contribution < -0.4 is 4.74 Å². The summed E-state index contributed by atoms with van der Waals surface area (Å²) in [5.41, 5.74) is 1.37. The van der Waals surface area contributed by atoms with Gasteiger partial charge in [-0.2, -0.15) is 0 Å². The Morgan fingerprint density at radius 3 is 2.84 bits per heavy atom. The molecular weight excluding hydrogens is 330 g/mol. The highest BCUT2D eigenvalue weighted by Crippen LogP contribution is 2.24. The first-order valence-corrected chi connectivity index (χ1v) is 6.74. The van der Waals surface area contributed by atoms with Gasteiger partial charge in [-0.25, -0.2) is 4.98 Å². The van der Waals surface area contributed by atoms with Crippen LogP contribution in [0.15, 0.2) is 41.0 Å². The first-order chi connectivity index (χ1) is 9.10. The number of carbonyl (C=O) groups is 1. The second-order valence-corrected chi connectivity index (χ2v) is 5.23. The van der Waals surface area contributed by atoms with Crippen molar-refractivity contribution < 1.29 is 9.53 Å². The Kier molecular flexibility index (Phi) is 4.56. The number of halogens is 2. The number of hydrogen-bond donors (Lipinski definition) is 0. The molecular formula is C14H11BrClNO2. The maximum atomic E-state index is 12.2. The van der Waals surface area contributed by atoms with Gasteiger partial charge in [0.05, 0.1) is 7.11 Å². The smallest absolute Gasteiger partial charge is 0.167 e. The Morgan fingerprint density at radius 1 is 1.37 bits per heavy atom. The van der Waals surface area contributed by atoms with Gasteiger partial charge in [0.1, 0.15) is 10.9 Å². The molecule has 3 nitrogen and oxygen atoms in total. The van der Waals surface area contributed by atoms with Gasteiger partial charge in [0.2, 0.25) is 0 Å². The lowest BCUT2D eigenvalue weighted by Crippen LogP contribution is -2.05. The molecule has 0 fully saturated rings. The van der Waals surface area contributed by atoms with Gasteiger partial charge in [0, 0.05) is 28.2 Å². The maximum Gasteiger partial charge on any atom is 0.167 e. The molecule has 0 aliphatic heterocycles. The molecule has 0 N–H and O–H groups in total. The molecule has 0 saturated carbocycles. The summed E-state index contributed by atoms with van der Waals surface area (Å²) in [6.45, 7) is 0. The zero-order chi connectivity index (χ0) is 13.8. The Balaban J connectivity index is 2.26. The van der Waals surface area contributed by atoms with Gasteiger partial charge < -0.3 is 4.74 Å². The molecule has 0 saturated heterocycles. The molecule has 0 aliphatic carbocycles. The minimum atomic E-state index is -0.0271. The number of rotatable bonds is 4. The third-order valence-electron chi connectivity index (χ3n) is 2.64. The molecule has 0 spiro atoms. The highest BCUT2D eigenvalue weighted by Gasteiger charge is 2.12.